The second-order valence-electron chi connectivity index (χ2n) is 7.70. The van der Waals surface area contributed by atoms with Crippen molar-refractivity contribution in [3.63, 3.8) is 0 Å². The lowest BCUT2D eigenvalue weighted by atomic mass is 9.77. The van der Waals surface area contributed by atoms with E-state index in [0.717, 1.165) is 24.0 Å². The van der Waals surface area contributed by atoms with E-state index in [0.29, 0.717) is 18.0 Å². The van der Waals surface area contributed by atoms with Gasteiger partial charge < -0.3 is 10.1 Å². The predicted octanol–water partition coefficient (Wildman–Crippen LogP) is 2.75. The van der Waals surface area contributed by atoms with Gasteiger partial charge >= 0.3 is 0 Å². The fraction of sp³-hybridized carbons (Fsp3) is 0.381. The van der Waals surface area contributed by atoms with Crippen molar-refractivity contribution in [2.24, 2.45) is 0 Å². The normalized spacial score (nSPS) is 30.9. The number of nitrogens with one attached hydrogen (secondary N) is 1. The number of hydrogen-bond acceptors (Lipinski definition) is 5. The van der Waals surface area contributed by atoms with Gasteiger partial charge in [0.25, 0.3) is 11.9 Å². The van der Waals surface area contributed by atoms with Crippen LogP contribution in [0.15, 0.2) is 48.5 Å². The summed E-state index contributed by atoms with van der Waals surface area (Å²) in [4.78, 5) is 27.6. The van der Waals surface area contributed by atoms with Gasteiger partial charge in [-0.15, -0.1) is 0 Å². The Hall–Kier alpha value is -2.93. The molecule has 4 atom stereocenters. The summed E-state index contributed by atoms with van der Waals surface area (Å²) in [6.07, 6.45) is 1.77. The molecule has 3 heterocycles. The maximum atomic E-state index is 13.3. The highest BCUT2D eigenvalue weighted by atomic mass is 16.6. The van der Waals surface area contributed by atoms with Gasteiger partial charge in [0.1, 0.15) is 5.75 Å². The topological polar surface area (TPSA) is 84.7 Å². The van der Waals surface area contributed by atoms with Gasteiger partial charge in [-0.1, -0.05) is 30.3 Å². The van der Waals surface area contributed by atoms with E-state index in [4.69, 9.17) is 4.74 Å². The number of methoxy groups -OCH3 is 1. The first-order valence-corrected chi connectivity index (χ1v) is 9.54. The van der Waals surface area contributed by atoms with Crippen LogP contribution in [-0.4, -0.2) is 41.5 Å². The smallest absolute Gasteiger partial charge is 0.256 e. The number of para-hydroxylation sites is 1. The van der Waals surface area contributed by atoms with Gasteiger partial charge in [0, 0.05) is 28.8 Å². The quantitative estimate of drug-likeness (QED) is 0.655. The molecule has 1 amide bonds. The van der Waals surface area contributed by atoms with Crippen LogP contribution >= 0.6 is 0 Å². The predicted molar refractivity (Wildman–Crippen MR) is 103 cm³/mol. The molecule has 5 rings (SSSR count). The molecule has 0 aliphatic carbocycles. The number of carbonyl (C=O) groups is 1. The molecule has 28 heavy (non-hydrogen) atoms. The van der Waals surface area contributed by atoms with Crippen LogP contribution in [0.1, 0.15) is 29.9 Å². The zero-order valence-electron chi connectivity index (χ0n) is 15.5. The lowest BCUT2D eigenvalue weighted by Crippen LogP contribution is -2.55. The van der Waals surface area contributed by atoms with Crippen molar-refractivity contribution in [2.45, 2.75) is 36.4 Å². The van der Waals surface area contributed by atoms with Crippen molar-refractivity contribution in [1.82, 2.24) is 4.90 Å². The van der Waals surface area contributed by atoms with E-state index in [1.165, 1.54) is 0 Å². The van der Waals surface area contributed by atoms with Gasteiger partial charge in [-0.25, -0.2) is 0 Å². The van der Waals surface area contributed by atoms with Crippen molar-refractivity contribution in [3.05, 3.63) is 69.8 Å². The van der Waals surface area contributed by atoms with Gasteiger partial charge in [-0.3, -0.25) is 19.8 Å². The van der Waals surface area contributed by atoms with Crippen LogP contribution in [0.4, 0.5) is 5.69 Å². The summed E-state index contributed by atoms with van der Waals surface area (Å²) < 4.78 is 5.24. The molecule has 0 aromatic heterocycles. The summed E-state index contributed by atoms with van der Waals surface area (Å²) >= 11 is 0. The first-order chi connectivity index (χ1) is 13.6. The Morgan fingerprint density at radius 2 is 1.96 bits per heavy atom. The fourth-order valence-electron chi connectivity index (χ4n) is 5.60. The molecule has 0 saturated carbocycles. The van der Waals surface area contributed by atoms with E-state index < -0.39 is 11.6 Å². The Labute approximate surface area is 162 Å². The standard InChI is InChI=1S/C21H21N3O4/c1-28-14-10-8-13(9-11-14)18-17-7-4-12-23(17)21(19(18)24(26)27)15-5-2-3-6-16(15)22-20(21)25/h2-3,5-6,8-11,17-19H,4,7,12H2,1H3,(H,22,25)/t17-,18+,19-,21-/m0/s1. The molecule has 2 aromatic rings. The minimum atomic E-state index is -1.26. The molecule has 0 radical (unpaired) electrons. The number of hydrogen-bond donors (Lipinski definition) is 1. The molecule has 7 heteroatoms. The lowest BCUT2D eigenvalue weighted by molar-refractivity contribution is -0.534. The van der Waals surface area contributed by atoms with Crippen LogP contribution in [-0.2, 0) is 10.3 Å². The molecule has 2 fully saturated rings. The van der Waals surface area contributed by atoms with Crippen LogP contribution in [0.2, 0.25) is 0 Å². The largest absolute Gasteiger partial charge is 0.497 e. The van der Waals surface area contributed by atoms with E-state index in [2.05, 4.69) is 10.2 Å². The Morgan fingerprint density at radius 3 is 2.68 bits per heavy atom. The molecular formula is C21H21N3O4. The third kappa shape index (κ3) is 2.05. The summed E-state index contributed by atoms with van der Waals surface area (Å²) in [6, 6.07) is 13.7. The van der Waals surface area contributed by atoms with Gasteiger partial charge in [-0.05, 0) is 36.6 Å². The number of rotatable bonds is 3. The number of ether oxygens (including phenoxy) is 1. The zero-order chi connectivity index (χ0) is 19.5. The van der Waals surface area contributed by atoms with Gasteiger partial charge in [-0.2, -0.15) is 0 Å². The molecule has 0 bridgehead atoms. The molecule has 1 N–H and O–H groups in total. The van der Waals surface area contributed by atoms with Crippen LogP contribution in [0.3, 0.4) is 0 Å². The number of carbonyl (C=O) groups excluding carboxylic acids is 1. The number of nitro groups is 1. The highest BCUT2D eigenvalue weighted by Gasteiger charge is 2.73. The Bertz CT molecular complexity index is 960. The number of anilines is 1. The minimum absolute atomic E-state index is 0.0410. The molecule has 7 nitrogen and oxygen atoms in total. The molecule has 2 saturated heterocycles. The minimum Gasteiger partial charge on any atom is -0.497 e. The molecule has 3 aliphatic heterocycles. The summed E-state index contributed by atoms with van der Waals surface area (Å²) in [7, 11) is 1.60. The SMILES string of the molecule is COc1ccc([C@H]2[C@H]([N+](=O)[O-])[C@@]3(C(=O)Nc4ccccc43)N3CCC[C@@H]23)cc1. The zero-order valence-corrected chi connectivity index (χ0v) is 15.5. The van der Waals surface area contributed by atoms with E-state index in [9.17, 15) is 14.9 Å². The Morgan fingerprint density at radius 1 is 1.21 bits per heavy atom. The highest BCUT2D eigenvalue weighted by molar-refractivity contribution is 6.07. The van der Waals surface area contributed by atoms with Crippen LogP contribution in [0.25, 0.3) is 0 Å². The first kappa shape index (κ1) is 17.2. The molecule has 3 aliphatic rings. The van der Waals surface area contributed by atoms with Crippen LogP contribution < -0.4 is 10.1 Å². The third-order valence-electron chi connectivity index (χ3n) is 6.59. The van der Waals surface area contributed by atoms with Crippen LogP contribution in [0, 0.1) is 10.1 Å². The van der Waals surface area contributed by atoms with Crippen LogP contribution in [0.5, 0.6) is 5.75 Å². The van der Waals surface area contributed by atoms with E-state index in [1.807, 2.05) is 48.5 Å². The van der Waals surface area contributed by atoms with E-state index in [1.54, 1.807) is 7.11 Å². The van der Waals surface area contributed by atoms with E-state index in [-0.39, 0.29) is 22.8 Å². The first-order valence-electron chi connectivity index (χ1n) is 9.54. The lowest BCUT2D eigenvalue weighted by Gasteiger charge is -2.32. The Balaban J connectivity index is 1.72. The third-order valence-corrected chi connectivity index (χ3v) is 6.59. The highest BCUT2D eigenvalue weighted by Crippen LogP contribution is 2.57. The van der Waals surface area contributed by atoms with Crippen molar-refractivity contribution >= 4 is 11.6 Å². The van der Waals surface area contributed by atoms with Gasteiger partial charge in [0.2, 0.25) is 0 Å². The van der Waals surface area contributed by atoms with Crippen molar-refractivity contribution in [3.8, 4) is 5.75 Å². The molecular weight excluding hydrogens is 358 g/mol. The van der Waals surface area contributed by atoms with E-state index >= 15 is 0 Å². The fourth-order valence-corrected chi connectivity index (χ4v) is 5.60. The molecule has 1 spiro atoms. The number of nitrogens with zero attached hydrogens (tertiary/aromatic N) is 2. The maximum absolute atomic E-state index is 13.3. The summed E-state index contributed by atoms with van der Waals surface area (Å²) in [5.41, 5.74) is 1.03. The Kier molecular flexibility index (Phi) is 3.71. The summed E-state index contributed by atoms with van der Waals surface area (Å²) in [6.45, 7) is 0.684. The van der Waals surface area contributed by atoms with Crippen molar-refractivity contribution in [1.29, 1.82) is 0 Å². The monoisotopic (exact) mass is 379 g/mol. The average Bonchev–Trinajstić information content (AvgIpc) is 3.35. The van der Waals surface area contributed by atoms with Gasteiger partial charge in [0.05, 0.1) is 13.0 Å². The average molecular weight is 379 g/mol. The van der Waals surface area contributed by atoms with Gasteiger partial charge in [0.15, 0.2) is 5.54 Å². The second kappa shape index (κ2) is 6.04. The molecule has 2 aromatic carbocycles. The maximum Gasteiger partial charge on any atom is 0.256 e. The second-order valence-corrected chi connectivity index (χ2v) is 7.70. The summed E-state index contributed by atoms with van der Waals surface area (Å²) in [5.74, 6) is 0.0694. The van der Waals surface area contributed by atoms with Crippen molar-refractivity contribution < 1.29 is 14.5 Å². The number of benzene rings is 2. The summed E-state index contributed by atoms with van der Waals surface area (Å²) in [5, 5.41) is 15.3. The molecule has 0 unspecified atom stereocenters. The number of fused-ring (bicyclic) bond motifs is 4. The van der Waals surface area contributed by atoms with Crippen molar-refractivity contribution in [2.75, 3.05) is 19.0 Å². The number of amides is 1. The molecule has 144 valence electrons.